The Kier molecular flexibility index (Phi) is 6.29. The molecule has 3 rings (SSSR count). The summed E-state index contributed by atoms with van der Waals surface area (Å²) in [6, 6.07) is 13.4. The Balaban J connectivity index is 1.71. The van der Waals surface area contributed by atoms with Gasteiger partial charge in [-0.15, -0.1) is 0 Å². The molecule has 3 aromatic rings. The molecule has 0 bridgehead atoms. The Labute approximate surface area is 166 Å². The zero-order valence-electron chi connectivity index (χ0n) is 16.1. The lowest BCUT2D eigenvalue weighted by Crippen LogP contribution is -2.18. The van der Waals surface area contributed by atoms with Gasteiger partial charge in [-0.2, -0.15) is 0 Å². The van der Waals surface area contributed by atoms with Gasteiger partial charge in [0, 0.05) is 11.5 Å². The summed E-state index contributed by atoms with van der Waals surface area (Å²) in [6.07, 6.45) is 0.780. The molecule has 1 aromatic heterocycles. The number of benzene rings is 2. The van der Waals surface area contributed by atoms with Crippen molar-refractivity contribution in [1.82, 2.24) is 0 Å². The molecule has 0 aliphatic heterocycles. The van der Waals surface area contributed by atoms with Gasteiger partial charge in [0.2, 0.25) is 0 Å². The van der Waals surface area contributed by atoms with Gasteiger partial charge in [-0.05, 0) is 43.2 Å². The van der Waals surface area contributed by atoms with Crippen molar-refractivity contribution in [2.24, 2.45) is 0 Å². The standard InChI is InChI=1S/C22H20O7/c1-3-14-7-5-6-8-18(14)27-13-20(23)28-16-10-9-15-11-17(21(24)26-4-2)22(25)29-19(15)12-16/h5-12H,3-4,13H2,1-2H3. The molecule has 0 radical (unpaired) electrons. The number of para-hydroxylation sites is 1. The molecule has 29 heavy (non-hydrogen) atoms. The number of hydrogen-bond acceptors (Lipinski definition) is 7. The summed E-state index contributed by atoms with van der Waals surface area (Å²) in [4.78, 5) is 35.9. The third kappa shape index (κ3) is 4.82. The van der Waals surface area contributed by atoms with Gasteiger partial charge in [-0.25, -0.2) is 14.4 Å². The molecule has 0 amide bonds. The van der Waals surface area contributed by atoms with E-state index in [1.54, 1.807) is 19.1 Å². The molecule has 2 aromatic carbocycles. The largest absolute Gasteiger partial charge is 0.482 e. The molecule has 0 saturated heterocycles. The number of aryl methyl sites for hydroxylation is 1. The van der Waals surface area contributed by atoms with Crippen LogP contribution < -0.4 is 15.1 Å². The summed E-state index contributed by atoms with van der Waals surface area (Å²) in [7, 11) is 0. The Morgan fingerprint density at radius 2 is 1.83 bits per heavy atom. The van der Waals surface area contributed by atoms with Gasteiger partial charge in [0.1, 0.15) is 22.6 Å². The second-order valence-electron chi connectivity index (χ2n) is 6.09. The van der Waals surface area contributed by atoms with E-state index in [4.69, 9.17) is 18.6 Å². The van der Waals surface area contributed by atoms with Crippen LogP contribution >= 0.6 is 0 Å². The van der Waals surface area contributed by atoms with Gasteiger partial charge < -0.3 is 18.6 Å². The number of hydrogen-bond donors (Lipinski definition) is 0. The molecular formula is C22H20O7. The number of carbonyl (C=O) groups excluding carboxylic acids is 2. The molecule has 0 fully saturated rings. The molecular weight excluding hydrogens is 376 g/mol. The lowest BCUT2D eigenvalue weighted by molar-refractivity contribution is -0.136. The first-order valence-electron chi connectivity index (χ1n) is 9.18. The zero-order chi connectivity index (χ0) is 20.8. The van der Waals surface area contributed by atoms with Crippen LogP contribution in [0.5, 0.6) is 11.5 Å². The smallest absolute Gasteiger partial charge is 0.351 e. The Bertz CT molecular complexity index is 1100. The summed E-state index contributed by atoms with van der Waals surface area (Å²) in [5.74, 6) is -0.520. The number of carbonyl (C=O) groups is 2. The van der Waals surface area contributed by atoms with E-state index >= 15 is 0 Å². The molecule has 1 heterocycles. The summed E-state index contributed by atoms with van der Waals surface area (Å²) in [6.45, 7) is 3.53. The van der Waals surface area contributed by atoms with Crippen molar-refractivity contribution in [3.63, 3.8) is 0 Å². The molecule has 150 valence electrons. The average Bonchev–Trinajstić information content (AvgIpc) is 2.72. The number of esters is 2. The fourth-order valence-corrected chi connectivity index (χ4v) is 2.74. The van der Waals surface area contributed by atoms with Crippen molar-refractivity contribution in [2.45, 2.75) is 20.3 Å². The van der Waals surface area contributed by atoms with Gasteiger partial charge in [0.25, 0.3) is 0 Å². The highest BCUT2D eigenvalue weighted by Gasteiger charge is 2.16. The number of rotatable bonds is 7. The normalized spacial score (nSPS) is 10.6. The molecule has 0 aliphatic rings. The lowest BCUT2D eigenvalue weighted by atomic mass is 10.1. The Morgan fingerprint density at radius 1 is 1.03 bits per heavy atom. The van der Waals surface area contributed by atoms with Crippen molar-refractivity contribution < 1.29 is 28.2 Å². The quantitative estimate of drug-likeness (QED) is 0.343. The first-order valence-corrected chi connectivity index (χ1v) is 9.18. The van der Waals surface area contributed by atoms with E-state index < -0.39 is 17.6 Å². The van der Waals surface area contributed by atoms with E-state index in [-0.39, 0.29) is 30.1 Å². The molecule has 0 saturated carbocycles. The van der Waals surface area contributed by atoms with Crippen molar-refractivity contribution in [2.75, 3.05) is 13.2 Å². The summed E-state index contributed by atoms with van der Waals surface area (Å²) in [5, 5.41) is 0.501. The topological polar surface area (TPSA) is 92.0 Å². The molecule has 0 atom stereocenters. The van der Waals surface area contributed by atoms with E-state index in [9.17, 15) is 14.4 Å². The van der Waals surface area contributed by atoms with Gasteiger partial charge in [0.05, 0.1) is 6.61 Å². The lowest BCUT2D eigenvalue weighted by Gasteiger charge is -2.10. The third-order valence-electron chi connectivity index (χ3n) is 4.13. The highest BCUT2D eigenvalue weighted by atomic mass is 16.6. The van der Waals surface area contributed by atoms with Gasteiger partial charge >= 0.3 is 17.6 Å². The van der Waals surface area contributed by atoms with Gasteiger partial charge in [-0.1, -0.05) is 25.1 Å². The van der Waals surface area contributed by atoms with Gasteiger partial charge in [-0.3, -0.25) is 0 Å². The van der Waals surface area contributed by atoms with E-state index in [1.165, 1.54) is 18.2 Å². The molecule has 0 aliphatic carbocycles. The van der Waals surface area contributed by atoms with Crippen LogP contribution in [0.1, 0.15) is 29.8 Å². The van der Waals surface area contributed by atoms with Crippen LogP contribution in [0.4, 0.5) is 0 Å². The number of fused-ring (bicyclic) bond motifs is 1. The van der Waals surface area contributed by atoms with E-state index in [0.717, 1.165) is 12.0 Å². The highest BCUT2D eigenvalue weighted by Crippen LogP contribution is 2.22. The minimum absolute atomic E-state index is 0.149. The van der Waals surface area contributed by atoms with Crippen LogP contribution in [-0.2, 0) is 16.0 Å². The first kappa shape index (κ1) is 20.1. The van der Waals surface area contributed by atoms with Crippen LogP contribution in [0.3, 0.4) is 0 Å². The summed E-state index contributed by atoms with van der Waals surface area (Å²) in [5.41, 5.74) is 0.168. The van der Waals surface area contributed by atoms with Crippen molar-refractivity contribution in [3.8, 4) is 11.5 Å². The maximum absolute atomic E-state index is 12.1. The van der Waals surface area contributed by atoms with E-state index in [0.29, 0.717) is 11.1 Å². The van der Waals surface area contributed by atoms with E-state index in [1.807, 2.05) is 25.1 Å². The molecule has 0 N–H and O–H groups in total. The maximum atomic E-state index is 12.1. The highest BCUT2D eigenvalue weighted by molar-refractivity contribution is 5.93. The minimum atomic E-state index is -0.820. The maximum Gasteiger partial charge on any atom is 0.351 e. The predicted octanol–water partition coefficient (Wildman–Crippen LogP) is 3.52. The van der Waals surface area contributed by atoms with Crippen LogP contribution in [0.25, 0.3) is 11.0 Å². The fraction of sp³-hybridized carbons (Fsp3) is 0.227. The Hall–Kier alpha value is -3.61. The minimum Gasteiger partial charge on any atom is -0.482 e. The SMILES string of the molecule is CCOC(=O)c1cc2ccc(OC(=O)COc3ccccc3CC)cc2oc1=O. The number of ether oxygens (including phenoxy) is 3. The molecule has 7 nitrogen and oxygen atoms in total. The van der Waals surface area contributed by atoms with Crippen LogP contribution in [-0.4, -0.2) is 25.2 Å². The summed E-state index contributed by atoms with van der Waals surface area (Å²) < 4.78 is 20.8. The molecule has 0 spiro atoms. The molecule has 7 heteroatoms. The average molecular weight is 396 g/mol. The summed E-state index contributed by atoms with van der Waals surface area (Å²) >= 11 is 0. The zero-order valence-corrected chi connectivity index (χ0v) is 16.1. The third-order valence-corrected chi connectivity index (χ3v) is 4.13. The van der Waals surface area contributed by atoms with Crippen LogP contribution in [0, 0.1) is 0 Å². The van der Waals surface area contributed by atoms with Gasteiger partial charge in [0.15, 0.2) is 6.61 Å². The van der Waals surface area contributed by atoms with Crippen LogP contribution in [0.2, 0.25) is 0 Å². The predicted molar refractivity (Wildman–Crippen MR) is 105 cm³/mol. The fourth-order valence-electron chi connectivity index (χ4n) is 2.74. The second-order valence-corrected chi connectivity index (χ2v) is 6.09. The first-order chi connectivity index (χ1) is 14.0. The second kappa shape index (κ2) is 9.05. The van der Waals surface area contributed by atoms with Crippen molar-refractivity contribution in [3.05, 3.63) is 70.1 Å². The van der Waals surface area contributed by atoms with E-state index in [2.05, 4.69) is 0 Å². The molecule has 0 unspecified atom stereocenters. The van der Waals surface area contributed by atoms with Crippen molar-refractivity contribution in [1.29, 1.82) is 0 Å². The van der Waals surface area contributed by atoms with Crippen molar-refractivity contribution >= 4 is 22.9 Å². The van der Waals surface area contributed by atoms with Crippen LogP contribution in [0.15, 0.2) is 57.7 Å². The Morgan fingerprint density at radius 3 is 2.59 bits per heavy atom. The monoisotopic (exact) mass is 396 g/mol.